The summed E-state index contributed by atoms with van der Waals surface area (Å²) >= 11 is 3.80. The number of nitrogens with zero attached hydrogens (tertiary/aromatic N) is 5. The standard InChI is InChI=1S/C19H19N7O5S3/c1-8-3-4-21-19(22-8)34-6-9-5-32-16-12(15(28)26(16)13(9)17(29)30)24-14(27)11(25-31-2)10-7-33-18(20)23-10/h3-4,7,12,16H,5-6H2,1-2H3,(H2,20,23)(H,24,27)(H,29,30)/t12-,16+/m1/s1. The molecule has 4 heterocycles. The van der Waals surface area contributed by atoms with E-state index in [9.17, 15) is 19.5 Å². The number of carbonyl (C=O) groups excluding carboxylic acids is 2. The first-order chi connectivity index (χ1) is 16.3. The number of thiazole rings is 1. The molecule has 2 aliphatic heterocycles. The summed E-state index contributed by atoms with van der Waals surface area (Å²) in [4.78, 5) is 56.2. The van der Waals surface area contributed by atoms with E-state index < -0.39 is 29.2 Å². The zero-order valence-corrected chi connectivity index (χ0v) is 20.4. The predicted octanol–water partition coefficient (Wildman–Crippen LogP) is 0.705. The molecule has 2 aliphatic rings. The number of β-lactam (4-membered cyclic amide) rings is 1. The molecule has 0 aromatic carbocycles. The number of fused-ring (bicyclic) bond motifs is 1. The van der Waals surface area contributed by atoms with E-state index in [2.05, 4.69) is 25.4 Å². The lowest BCUT2D eigenvalue weighted by Gasteiger charge is -2.49. The largest absolute Gasteiger partial charge is 0.477 e. The molecule has 0 unspecified atom stereocenters. The molecule has 0 spiro atoms. The summed E-state index contributed by atoms with van der Waals surface area (Å²) in [6.07, 6.45) is 1.64. The van der Waals surface area contributed by atoms with E-state index in [0.717, 1.165) is 17.0 Å². The summed E-state index contributed by atoms with van der Waals surface area (Å²) in [6.45, 7) is 1.84. The average Bonchev–Trinajstić information content (AvgIpc) is 3.24. The number of nitrogens with one attached hydrogen (secondary N) is 1. The Kier molecular flexibility index (Phi) is 7.04. The molecule has 0 saturated carbocycles. The Hall–Kier alpha value is -3.17. The fourth-order valence-corrected chi connectivity index (χ4v) is 6.25. The number of aryl methyl sites for hydroxylation is 1. The van der Waals surface area contributed by atoms with Gasteiger partial charge in [0.25, 0.3) is 11.8 Å². The van der Waals surface area contributed by atoms with Crippen molar-refractivity contribution < 1.29 is 24.3 Å². The summed E-state index contributed by atoms with van der Waals surface area (Å²) in [7, 11) is 1.28. The van der Waals surface area contributed by atoms with Crippen molar-refractivity contribution >= 4 is 63.5 Å². The number of oxime groups is 1. The number of thioether (sulfide) groups is 2. The van der Waals surface area contributed by atoms with Crippen LogP contribution in [0.2, 0.25) is 0 Å². The zero-order valence-electron chi connectivity index (χ0n) is 17.9. The summed E-state index contributed by atoms with van der Waals surface area (Å²) in [5.41, 5.74) is 7.03. The summed E-state index contributed by atoms with van der Waals surface area (Å²) < 4.78 is 0. The zero-order chi connectivity index (χ0) is 24.4. The van der Waals surface area contributed by atoms with Gasteiger partial charge in [-0.15, -0.1) is 23.1 Å². The molecule has 2 aromatic rings. The highest BCUT2D eigenvalue weighted by Gasteiger charge is 2.54. The van der Waals surface area contributed by atoms with E-state index in [1.165, 1.54) is 35.5 Å². The minimum atomic E-state index is -1.20. The average molecular weight is 522 g/mol. The van der Waals surface area contributed by atoms with Crippen molar-refractivity contribution in [2.75, 3.05) is 24.3 Å². The smallest absolute Gasteiger partial charge is 0.352 e. The molecular formula is C19H19N7O5S3. The molecule has 12 nitrogen and oxygen atoms in total. The number of hydrogen-bond acceptors (Lipinski definition) is 12. The van der Waals surface area contributed by atoms with Gasteiger partial charge >= 0.3 is 5.97 Å². The van der Waals surface area contributed by atoms with Crippen LogP contribution in [0.25, 0.3) is 0 Å². The number of amides is 2. The number of nitrogen functional groups attached to an aromatic ring is 1. The van der Waals surface area contributed by atoms with Gasteiger partial charge in [-0.05, 0) is 18.6 Å². The van der Waals surface area contributed by atoms with Gasteiger partial charge < -0.3 is 21.0 Å². The number of rotatable bonds is 8. The fraction of sp³-hybridized carbons (Fsp3) is 0.316. The maximum Gasteiger partial charge on any atom is 0.352 e. The Balaban J connectivity index is 1.49. The van der Waals surface area contributed by atoms with Gasteiger partial charge in [0, 0.05) is 28.8 Å². The van der Waals surface area contributed by atoms with Crippen LogP contribution in [0.1, 0.15) is 11.4 Å². The molecule has 15 heteroatoms. The minimum absolute atomic E-state index is 0.0718. The first-order valence-corrected chi connectivity index (χ1v) is 12.7. The first-order valence-electron chi connectivity index (χ1n) is 9.76. The van der Waals surface area contributed by atoms with Crippen molar-refractivity contribution in [2.24, 2.45) is 5.16 Å². The van der Waals surface area contributed by atoms with E-state index >= 15 is 0 Å². The van der Waals surface area contributed by atoms with Crippen LogP contribution in [0.15, 0.2) is 39.2 Å². The van der Waals surface area contributed by atoms with Crippen LogP contribution in [-0.2, 0) is 19.2 Å². The molecule has 1 saturated heterocycles. The van der Waals surface area contributed by atoms with E-state index in [0.29, 0.717) is 22.2 Å². The Morgan fingerprint density at radius 3 is 2.88 bits per heavy atom. The number of aromatic nitrogens is 3. The molecule has 2 atom stereocenters. The Morgan fingerprint density at radius 2 is 2.24 bits per heavy atom. The molecule has 0 radical (unpaired) electrons. The van der Waals surface area contributed by atoms with Crippen molar-refractivity contribution in [2.45, 2.75) is 23.5 Å². The van der Waals surface area contributed by atoms with Gasteiger partial charge in [0.2, 0.25) is 0 Å². The second kappa shape index (κ2) is 9.99. The third kappa shape index (κ3) is 4.71. The van der Waals surface area contributed by atoms with E-state index in [4.69, 9.17) is 10.6 Å². The van der Waals surface area contributed by atoms with Gasteiger partial charge in [-0.2, -0.15) is 0 Å². The highest BCUT2D eigenvalue weighted by molar-refractivity contribution is 8.01. The number of aliphatic carboxylic acids is 1. The molecule has 2 amide bonds. The maximum atomic E-state index is 12.9. The van der Waals surface area contributed by atoms with Crippen molar-refractivity contribution in [3.63, 3.8) is 0 Å². The summed E-state index contributed by atoms with van der Waals surface area (Å²) in [5.74, 6) is -1.70. The lowest BCUT2D eigenvalue weighted by molar-refractivity contribution is -0.150. The normalized spacial score (nSPS) is 20.0. The minimum Gasteiger partial charge on any atom is -0.477 e. The van der Waals surface area contributed by atoms with Gasteiger partial charge in [-0.25, -0.2) is 19.7 Å². The molecule has 0 bridgehead atoms. The second-order valence-electron chi connectivity index (χ2n) is 7.08. The molecule has 2 aromatic heterocycles. The Morgan fingerprint density at radius 1 is 1.44 bits per heavy atom. The highest BCUT2D eigenvalue weighted by Crippen LogP contribution is 2.41. The van der Waals surface area contributed by atoms with Crippen LogP contribution >= 0.6 is 34.9 Å². The Bertz CT molecular complexity index is 1210. The quantitative estimate of drug-likeness (QED) is 0.147. The lowest BCUT2D eigenvalue weighted by Crippen LogP contribution is -2.71. The number of anilines is 1. The number of hydrogen-bond donors (Lipinski definition) is 3. The first kappa shape index (κ1) is 24.0. The van der Waals surface area contributed by atoms with Crippen LogP contribution in [-0.4, -0.2) is 78.5 Å². The van der Waals surface area contributed by atoms with E-state index in [1.807, 2.05) is 6.92 Å². The number of carbonyl (C=O) groups is 3. The number of carboxylic acid groups (broad SMARTS) is 1. The van der Waals surface area contributed by atoms with Crippen molar-refractivity contribution in [1.82, 2.24) is 25.2 Å². The van der Waals surface area contributed by atoms with Gasteiger partial charge in [-0.1, -0.05) is 16.9 Å². The van der Waals surface area contributed by atoms with Gasteiger partial charge in [-0.3, -0.25) is 14.5 Å². The van der Waals surface area contributed by atoms with E-state index in [-0.39, 0.29) is 22.2 Å². The van der Waals surface area contributed by atoms with Crippen molar-refractivity contribution in [1.29, 1.82) is 0 Å². The van der Waals surface area contributed by atoms with Gasteiger partial charge in [0.15, 0.2) is 16.0 Å². The van der Waals surface area contributed by atoms with E-state index in [1.54, 1.807) is 17.6 Å². The molecule has 178 valence electrons. The summed E-state index contributed by atoms with van der Waals surface area (Å²) in [5, 5.41) is 17.9. The van der Waals surface area contributed by atoms with Crippen molar-refractivity contribution in [3.8, 4) is 0 Å². The third-order valence-electron chi connectivity index (χ3n) is 4.85. The molecule has 4 rings (SSSR count). The van der Waals surface area contributed by atoms with Crippen LogP contribution in [0.3, 0.4) is 0 Å². The maximum absolute atomic E-state index is 12.9. The molecule has 4 N–H and O–H groups in total. The van der Waals surface area contributed by atoms with Crippen LogP contribution < -0.4 is 11.1 Å². The number of nitrogens with two attached hydrogens (primary N) is 1. The molecule has 34 heavy (non-hydrogen) atoms. The third-order valence-corrected chi connectivity index (χ3v) is 7.81. The number of carboxylic acids is 1. The second-order valence-corrected chi connectivity index (χ2v) is 10.0. The lowest BCUT2D eigenvalue weighted by atomic mass is 10.0. The molecule has 1 fully saturated rings. The van der Waals surface area contributed by atoms with Crippen molar-refractivity contribution in [3.05, 3.63) is 40.3 Å². The van der Waals surface area contributed by atoms with Crippen LogP contribution in [0.5, 0.6) is 0 Å². The fourth-order valence-electron chi connectivity index (χ4n) is 3.34. The molecular weight excluding hydrogens is 502 g/mol. The van der Waals surface area contributed by atoms with Crippen LogP contribution in [0, 0.1) is 6.92 Å². The summed E-state index contributed by atoms with van der Waals surface area (Å²) in [6, 6.07) is 0.853. The van der Waals surface area contributed by atoms with Gasteiger partial charge in [0.1, 0.15) is 29.9 Å². The highest BCUT2D eigenvalue weighted by atomic mass is 32.2. The SMILES string of the molecule is CON=C(C(=O)N[C@@H]1C(=O)N2C(C(=O)O)=C(CSc3nccc(C)n3)CS[C@@H]12)c1csc(N)n1. The predicted molar refractivity (Wildman–Crippen MR) is 127 cm³/mol. The molecule has 0 aliphatic carbocycles. The van der Waals surface area contributed by atoms with Gasteiger partial charge in [0.05, 0.1) is 0 Å². The monoisotopic (exact) mass is 521 g/mol. The van der Waals surface area contributed by atoms with Crippen LogP contribution in [0.4, 0.5) is 5.13 Å². The topological polar surface area (TPSA) is 173 Å². The Labute approximate surface area is 206 Å².